The third kappa shape index (κ3) is 5.15. The zero-order valence-electron chi connectivity index (χ0n) is 16.0. The van der Waals surface area contributed by atoms with Crippen molar-refractivity contribution in [3.05, 3.63) is 53.3 Å². The van der Waals surface area contributed by atoms with Gasteiger partial charge in [0.15, 0.2) is 5.82 Å². The summed E-state index contributed by atoms with van der Waals surface area (Å²) in [6, 6.07) is 8.65. The Kier molecular flexibility index (Phi) is 6.53. The molecule has 10 heteroatoms. The number of aliphatic hydroxyl groups excluding tert-OH is 1. The Morgan fingerprint density at radius 2 is 2.14 bits per heavy atom. The fraction of sp³-hybridized carbons (Fsp3) is 0.211. The van der Waals surface area contributed by atoms with Crippen molar-refractivity contribution in [2.45, 2.75) is 0 Å². The lowest BCUT2D eigenvalue weighted by atomic mass is 10.1. The van der Waals surface area contributed by atoms with Crippen LogP contribution in [0, 0.1) is 0 Å². The molecule has 9 nitrogen and oxygen atoms in total. The van der Waals surface area contributed by atoms with E-state index in [4.69, 9.17) is 31.9 Å². The predicted octanol–water partition coefficient (Wildman–Crippen LogP) is 2.71. The maximum Gasteiger partial charge on any atom is 0.238 e. The van der Waals surface area contributed by atoms with E-state index in [0.29, 0.717) is 22.9 Å². The Labute approximate surface area is 172 Å². The third-order valence-corrected chi connectivity index (χ3v) is 4.10. The van der Waals surface area contributed by atoms with Gasteiger partial charge in [-0.1, -0.05) is 11.6 Å². The van der Waals surface area contributed by atoms with Crippen LogP contribution in [0.2, 0.25) is 5.02 Å². The van der Waals surface area contributed by atoms with Gasteiger partial charge in [-0.05, 0) is 18.2 Å². The van der Waals surface area contributed by atoms with E-state index in [1.807, 2.05) is 6.07 Å². The van der Waals surface area contributed by atoms with E-state index < -0.39 is 0 Å². The van der Waals surface area contributed by atoms with E-state index >= 15 is 0 Å². The minimum Gasteiger partial charge on any atom is -0.490 e. The lowest BCUT2D eigenvalue weighted by Crippen LogP contribution is -2.15. The van der Waals surface area contributed by atoms with Gasteiger partial charge in [-0.2, -0.15) is 5.10 Å². The van der Waals surface area contributed by atoms with E-state index in [1.165, 1.54) is 6.20 Å². The number of aliphatic hydroxyl groups is 1. The number of amidine groups is 1. The third-order valence-electron chi connectivity index (χ3n) is 3.83. The molecule has 0 aliphatic heterocycles. The van der Waals surface area contributed by atoms with Crippen LogP contribution in [0.3, 0.4) is 0 Å². The number of nitrogens with one attached hydrogen (secondary N) is 1. The fourth-order valence-corrected chi connectivity index (χ4v) is 2.69. The Hall–Kier alpha value is -3.30. The minimum absolute atomic E-state index is 0.0993. The zero-order valence-corrected chi connectivity index (χ0v) is 16.7. The Morgan fingerprint density at radius 3 is 2.79 bits per heavy atom. The van der Waals surface area contributed by atoms with Crippen LogP contribution in [0.15, 0.2) is 47.7 Å². The molecule has 0 saturated carbocycles. The molecule has 0 unspecified atom stereocenters. The monoisotopic (exact) mass is 416 g/mol. The molecule has 29 heavy (non-hydrogen) atoms. The number of nitrogens with zero attached hydrogens (tertiary/aromatic N) is 4. The van der Waals surface area contributed by atoms with Crippen LogP contribution in [0.1, 0.15) is 5.56 Å². The zero-order chi connectivity index (χ0) is 20.8. The summed E-state index contributed by atoms with van der Waals surface area (Å²) in [5.74, 6) is 1.92. The first-order valence-electron chi connectivity index (χ1n) is 8.73. The molecule has 3 aromatic rings. The smallest absolute Gasteiger partial charge is 0.238 e. The number of anilines is 1. The molecule has 0 atom stereocenters. The number of halogens is 1. The quantitative estimate of drug-likeness (QED) is 0.381. The summed E-state index contributed by atoms with van der Waals surface area (Å²) in [7, 11) is 3.59. The highest BCUT2D eigenvalue weighted by molar-refractivity contribution is 6.32. The summed E-state index contributed by atoms with van der Waals surface area (Å²) in [6.45, 7) is 0.0554. The molecule has 0 fully saturated rings. The van der Waals surface area contributed by atoms with Crippen molar-refractivity contribution in [3.63, 3.8) is 0 Å². The molecule has 0 amide bonds. The van der Waals surface area contributed by atoms with Crippen LogP contribution in [-0.4, -0.2) is 46.0 Å². The van der Waals surface area contributed by atoms with Crippen LogP contribution < -0.4 is 20.5 Å². The first kappa shape index (κ1) is 20.4. The van der Waals surface area contributed by atoms with Gasteiger partial charge in [0.05, 0.1) is 12.8 Å². The highest BCUT2D eigenvalue weighted by Crippen LogP contribution is 2.32. The van der Waals surface area contributed by atoms with Crippen molar-refractivity contribution >= 4 is 28.9 Å². The average Bonchev–Trinajstić information content (AvgIpc) is 3.12. The number of nitrogens with two attached hydrogens (primary N) is 1. The van der Waals surface area contributed by atoms with Crippen molar-refractivity contribution in [1.82, 2.24) is 14.8 Å². The van der Waals surface area contributed by atoms with Gasteiger partial charge in [0.25, 0.3) is 0 Å². The summed E-state index contributed by atoms with van der Waals surface area (Å²) in [5.41, 5.74) is 7.62. The number of benzene rings is 1. The van der Waals surface area contributed by atoms with Crippen molar-refractivity contribution in [1.29, 1.82) is 0 Å². The topological polar surface area (TPSA) is 120 Å². The van der Waals surface area contributed by atoms with Crippen LogP contribution >= 0.6 is 11.6 Å². The molecule has 2 heterocycles. The second-order valence-electron chi connectivity index (χ2n) is 5.93. The summed E-state index contributed by atoms with van der Waals surface area (Å²) < 4.78 is 12.7. The standard InChI is InChI=1S/C19H21ClN6O3/c1-22-16-4-3-12(9-14(16)18(21)24-17-5-6-26(2)25-17)29-19-15(20)10-13(11-23-19)28-8-7-27/h3-6,9-11,22,27H,7-8H2,1-2H3,(H2,21,24,25). The molecule has 2 aromatic heterocycles. The van der Waals surface area contributed by atoms with Crippen LogP contribution in [-0.2, 0) is 7.05 Å². The lowest BCUT2D eigenvalue weighted by Gasteiger charge is -2.12. The molecule has 0 radical (unpaired) electrons. The van der Waals surface area contributed by atoms with Gasteiger partial charge >= 0.3 is 0 Å². The summed E-state index contributed by atoms with van der Waals surface area (Å²) >= 11 is 6.23. The molecule has 152 valence electrons. The van der Waals surface area contributed by atoms with Gasteiger partial charge in [0.1, 0.15) is 29.0 Å². The molecular formula is C19H21ClN6O3. The lowest BCUT2D eigenvalue weighted by molar-refractivity contribution is 0.201. The molecule has 0 aliphatic rings. The molecule has 0 bridgehead atoms. The average molecular weight is 417 g/mol. The van der Waals surface area contributed by atoms with Crippen molar-refractivity contribution < 1.29 is 14.6 Å². The fourth-order valence-electron chi connectivity index (χ4n) is 2.50. The largest absolute Gasteiger partial charge is 0.490 e. The second kappa shape index (κ2) is 9.26. The highest BCUT2D eigenvalue weighted by Gasteiger charge is 2.12. The number of rotatable bonds is 8. The van der Waals surface area contributed by atoms with Crippen LogP contribution in [0.5, 0.6) is 17.4 Å². The van der Waals surface area contributed by atoms with E-state index in [0.717, 1.165) is 5.69 Å². The summed E-state index contributed by atoms with van der Waals surface area (Å²) in [5, 5.41) is 16.4. The van der Waals surface area contributed by atoms with Gasteiger partial charge < -0.3 is 25.6 Å². The highest BCUT2D eigenvalue weighted by atomic mass is 35.5. The van der Waals surface area contributed by atoms with Gasteiger partial charge in [-0.3, -0.25) is 4.68 Å². The van der Waals surface area contributed by atoms with Gasteiger partial charge in [0.2, 0.25) is 5.88 Å². The number of hydrogen-bond donors (Lipinski definition) is 3. The maximum absolute atomic E-state index is 8.82. The second-order valence-corrected chi connectivity index (χ2v) is 6.34. The first-order chi connectivity index (χ1) is 14.0. The normalized spacial score (nSPS) is 11.4. The molecule has 0 aliphatic carbocycles. The predicted molar refractivity (Wildman–Crippen MR) is 111 cm³/mol. The van der Waals surface area contributed by atoms with Gasteiger partial charge in [0, 0.05) is 43.7 Å². The van der Waals surface area contributed by atoms with E-state index in [1.54, 1.807) is 49.2 Å². The van der Waals surface area contributed by atoms with Crippen LogP contribution in [0.4, 0.5) is 11.5 Å². The molecule has 4 N–H and O–H groups in total. The Balaban J connectivity index is 1.86. The maximum atomic E-state index is 8.82. The number of aliphatic imine (C=N–C) groups is 1. The van der Waals surface area contributed by atoms with E-state index in [-0.39, 0.29) is 30.0 Å². The van der Waals surface area contributed by atoms with Crippen molar-refractivity contribution in [3.8, 4) is 17.4 Å². The Morgan fingerprint density at radius 1 is 1.31 bits per heavy atom. The summed E-state index contributed by atoms with van der Waals surface area (Å²) in [6.07, 6.45) is 3.25. The van der Waals surface area contributed by atoms with Gasteiger partial charge in [-0.25, -0.2) is 9.98 Å². The number of aryl methyl sites for hydroxylation is 1. The molecule has 0 spiro atoms. The molecule has 3 rings (SSSR count). The number of hydrogen-bond acceptors (Lipinski definition) is 7. The molecule has 0 saturated heterocycles. The summed E-state index contributed by atoms with van der Waals surface area (Å²) in [4.78, 5) is 8.52. The SMILES string of the molecule is CNc1ccc(Oc2ncc(OCCO)cc2Cl)cc1C(N)=Nc1ccn(C)n1. The first-order valence-corrected chi connectivity index (χ1v) is 9.11. The number of aromatic nitrogens is 3. The van der Waals surface area contributed by atoms with Crippen molar-refractivity contribution in [2.24, 2.45) is 17.8 Å². The molecular weight excluding hydrogens is 396 g/mol. The van der Waals surface area contributed by atoms with E-state index in [9.17, 15) is 0 Å². The number of ether oxygens (including phenoxy) is 2. The van der Waals surface area contributed by atoms with E-state index in [2.05, 4.69) is 20.4 Å². The molecule has 1 aromatic carbocycles. The van der Waals surface area contributed by atoms with Crippen LogP contribution in [0.25, 0.3) is 0 Å². The number of pyridine rings is 1. The minimum atomic E-state index is -0.0993. The van der Waals surface area contributed by atoms with Crippen molar-refractivity contribution in [2.75, 3.05) is 25.6 Å². The van der Waals surface area contributed by atoms with Gasteiger partial charge in [-0.15, -0.1) is 0 Å². The Bertz CT molecular complexity index is 1020.